The van der Waals surface area contributed by atoms with Gasteiger partial charge >= 0.3 is 6.09 Å². The zero-order valence-electron chi connectivity index (χ0n) is 6.60. The van der Waals surface area contributed by atoms with Crippen molar-refractivity contribution in [1.29, 1.82) is 0 Å². The molecular weight excluding hydrogens is 236 g/mol. The molecule has 0 rings (SSSR count). The molecule has 74 valence electrons. The van der Waals surface area contributed by atoms with Crippen LogP contribution in [0.15, 0.2) is 24.9 Å². The molecule has 0 heterocycles. The molecule has 0 spiro atoms. The Morgan fingerprint density at radius 1 is 1.54 bits per heavy atom. The van der Waals surface area contributed by atoms with Crippen LogP contribution in [-0.2, 0) is 4.74 Å². The normalized spacial score (nSPS) is 11.3. The van der Waals surface area contributed by atoms with Crippen LogP contribution < -0.4 is 5.32 Å². The zero-order chi connectivity index (χ0) is 10.3. The van der Waals surface area contributed by atoms with Crippen LogP contribution in [0.5, 0.6) is 0 Å². The van der Waals surface area contributed by atoms with E-state index in [0.29, 0.717) is 0 Å². The van der Waals surface area contributed by atoms with Crippen LogP contribution in [-0.4, -0.2) is 16.5 Å². The van der Waals surface area contributed by atoms with Gasteiger partial charge in [0.05, 0.1) is 0 Å². The van der Waals surface area contributed by atoms with E-state index >= 15 is 0 Å². The van der Waals surface area contributed by atoms with E-state index in [2.05, 4.69) is 16.6 Å². The van der Waals surface area contributed by atoms with Crippen LogP contribution in [0.3, 0.4) is 0 Å². The maximum Gasteiger partial charge on any atom is 0.411 e. The maximum atomic E-state index is 10.8. The largest absolute Gasteiger partial charge is 0.445 e. The SMILES string of the molecule is C=CC=CNC(=O)OCC(Cl)(Cl)Cl. The summed E-state index contributed by atoms with van der Waals surface area (Å²) in [6.45, 7) is 3.10. The zero-order valence-corrected chi connectivity index (χ0v) is 8.86. The molecule has 0 saturated carbocycles. The summed E-state index contributed by atoms with van der Waals surface area (Å²) < 4.78 is 2.94. The fourth-order valence-electron chi connectivity index (χ4n) is 0.373. The summed E-state index contributed by atoms with van der Waals surface area (Å²) >= 11 is 16.0. The second-order valence-electron chi connectivity index (χ2n) is 1.93. The predicted molar refractivity (Wildman–Crippen MR) is 54.1 cm³/mol. The first kappa shape index (κ1) is 12.6. The van der Waals surface area contributed by atoms with Gasteiger partial charge in [0.25, 0.3) is 0 Å². The average molecular weight is 245 g/mol. The van der Waals surface area contributed by atoms with Gasteiger partial charge < -0.3 is 4.74 Å². The highest BCUT2D eigenvalue weighted by Gasteiger charge is 2.21. The molecular formula is C7H8Cl3NO2. The average Bonchev–Trinajstić information content (AvgIpc) is 2.00. The number of ether oxygens (including phenoxy) is 1. The van der Waals surface area contributed by atoms with Gasteiger partial charge in [-0.25, -0.2) is 4.79 Å². The molecule has 0 saturated heterocycles. The highest BCUT2D eigenvalue weighted by atomic mass is 35.6. The first-order valence-electron chi connectivity index (χ1n) is 3.23. The van der Waals surface area contributed by atoms with Crippen molar-refractivity contribution in [2.24, 2.45) is 0 Å². The number of alkyl halides is 3. The van der Waals surface area contributed by atoms with Crippen LogP contribution in [0.1, 0.15) is 0 Å². The number of nitrogens with one attached hydrogen (secondary N) is 1. The van der Waals surface area contributed by atoms with E-state index in [1.165, 1.54) is 18.4 Å². The Labute approximate surface area is 91.3 Å². The molecule has 0 aliphatic heterocycles. The van der Waals surface area contributed by atoms with E-state index in [1.807, 2.05) is 0 Å². The molecule has 0 bridgehead atoms. The van der Waals surface area contributed by atoms with Crippen molar-refractivity contribution in [3.8, 4) is 0 Å². The molecule has 0 aromatic carbocycles. The van der Waals surface area contributed by atoms with E-state index in [1.54, 1.807) is 0 Å². The van der Waals surface area contributed by atoms with E-state index < -0.39 is 9.89 Å². The summed E-state index contributed by atoms with van der Waals surface area (Å²) in [5.74, 6) is 0. The predicted octanol–water partition coefficient (Wildman–Crippen LogP) is 2.78. The summed E-state index contributed by atoms with van der Waals surface area (Å²) in [7, 11) is 0. The van der Waals surface area contributed by atoms with Gasteiger partial charge in [-0.2, -0.15) is 0 Å². The standard InChI is InChI=1S/C7H8Cl3NO2/c1-2-3-4-11-6(12)13-5-7(8,9)10/h2-4H,1,5H2,(H,11,12). The fraction of sp³-hybridized carbons (Fsp3) is 0.286. The Morgan fingerprint density at radius 3 is 2.62 bits per heavy atom. The van der Waals surface area contributed by atoms with Crippen molar-refractivity contribution >= 4 is 40.9 Å². The molecule has 0 aliphatic carbocycles. The number of hydrogen-bond donors (Lipinski definition) is 1. The Bertz CT molecular complexity index is 210. The number of rotatable bonds is 3. The second-order valence-corrected chi connectivity index (χ2v) is 4.45. The van der Waals surface area contributed by atoms with Gasteiger partial charge in [-0.05, 0) is 6.08 Å². The first-order chi connectivity index (χ1) is 5.95. The number of carbonyl (C=O) groups excluding carboxylic acids is 1. The molecule has 0 aliphatic rings. The van der Waals surface area contributed by atoms with Gasteiger partial charge in [0.1, 0.15) is 6.61 Å². The third kappa shape index (κ3) is 9.53. The van der Waals surface area contributed by atoms with Crippen molar-refractivity contribution in [2.75, 3.05) is 6.61 Å². The maximum absolute atomic E-state index is 10.8. The lowest BCUT2D eigenvalue weighted by Crippen LogP contribution is -2.24. The van der Waals surface area contributed by atoms with Gasteiger partial charge in [0.15, 0.2) is 0 Å². The van der Waals surface area contributed by atoms with Crippen molar-refractivity contribution < 1.29 is 9.53 Å². The third-order valence-electron chi connectivity index (χ3n) is 0.800. The van der Waals surface area contributed by atoms with Gasteiger partial charge in [-0.3, -0.25) is 5.32 Å². The molecule has 0 atom stereocenters. The Morgan fingerprint density at radius 2 is 2.15 bits per heavy atom. The third-order valence-corrected chi connectivity index (χ3v) is 1.13. The minimum absolute atomic E-state index is 0.300. The molecule has 0 radical (unpaired) electrons. The topological polar surface area (TPSA) is 38.3 Å². The van der Waals surface area contributed by atoms with Crippen molar-refractivity contribution in [2.45, 2.75) is 3.79 Å². The Kier molecular flexibility index (Phi) is 5.95. The Balaban J connectivity index is 3.64. The quantitative estimate of drug-likeness (QED) is 0.612. The van der Waals surface area contributed by atoms with E-state index in [0.717, 1.165) is 0 Å². The number of alkyl carbamates (subject to hydrolysis) is 1. The molecule has 1 N–H and O–H groups in total. The highest BCUT2D eigenvalue weighted by molar-refractivity contribution is 6.67. The van der Waals surface area contributed by atoms with Crippen LogP contribution in [0, 0.1) is 0 Å². The minimum atomic E-state index is -1.58. The van der Waals surface area contributed by atoms with Gasteiger partial charge in [-0.1, -0.05) is 47.5 Å². The van der Waals surface area contributed by atoms with E-state index in [-0.39, 0.29) is 6.61 Å². The van der Waals surface area contributed by atoms with Crippen LogP contribution in [0.25, 0.3) is 0 Å². The fourth-order valence-corrected chi connectivity index (χ4v) is 0.537. The van der Waals surface area contributed by atoms with E-state index in [9.17, 15) is 4.79 Å². The van der Waals surface area contributed by atoms with Crippen molar-refractivity contribution in [3.63, 3.8) is 0 Å². The van der Waals surface area contributed by atoms with Crippen molar-refractivity contribution in [3.05, 3.63) is 24.9 Å². The molecule has 0 aromatic rings. The second kappa shape index (κ2) is 6.13. The van der Waals surface area contributed by atoms with Gasteiger partial charge in [-0.15, -0.1) is 0 Å². The van der Waals surface area contributed by atoms with Gasteiger partial charge in [0.2, 0.25) is 3.79 Å². The van der Waals surface area contributed by atoms with Crippen molar-refractivity contribution in [1.82, 2.24) is 5.32 Å². The smallest absolute Gasteiger partial charge is 0.411 e. The summed E-state index contributed by atoms with van der Waals surface area (Å²) in [6, 6.07) is 0. The summed E-state index contributed by atoms with van der Waals surface area (Å²) in [6.07, 6.45) is 3.68. The molecule has 0 aromatic heterocycles. The number of carbonyl (C=O) groups is 1. The molecule has 3 nitrogen and oxygen atoms in total. The number of hydrogen-bond acceptors (Lipinski definition) is 2. The number of allylic oxidation sites excluding steroid dienone is 2. The molecule has 0 unspecified atom stereocenters. The van der Waals surface area contributed by atoms with Crippen LogP contribution >= 0.6 is 34.8 Å². The molecule has 13 heavy (non-hydrogen) atoms. The monoisotopic (exact) mass is 243 g/mol. The van der Waals surface area contributed by atoms with Crippen LogP contribution in [0.4, 0.5) is 4.79 Å². The molecule has 1 amide bonds. The summed E-state index contributed by atoms with van der Waals surface area (Å²) in [5, 5.41) is 2.27. The molecule has 6 heteroatoms. The minimum Gasteiger partial charge on any atom is -0.445 e. The summed E-state index contributed by atoms with van der Waals surface area (Å²) in [5.41, 5.74) is 0. The lowest BCUT2D eigenvalue weighted by molar-refractivity contribution is 0.152. The highest BCUT2D eigenvalue weighted by Crippen LogP contribution is 2.25. The number of amides is 1. The van der Waals surface area contributed by atoms with E-state index in [4.69, 9.17) is 34.8 Å². The number of halogens is 3. The lowest BCUT2D eigenvalue weighted by atomic mass is 10.6. The molecule has 0 fully saturated rings. The van der Waals surface area contributed by atoms with Gasteiger partial charge in [0, 0.05) is 6.20 Å². The van der Waals surface area contributed by atoms with Crippen LogP contribution in [0.2, 0.25) is 0 Å². The first-order valence-corrected chi connectivity index (χ1v) is 4.36. The Hall–Kier alpha value is -0.380. The summed E-state index contributed by atoms with van der Waals surface area (Å²) in [4.78, 5) is 10.8. The lowest BCUT2D eigenvalue weighted by Gasteiger charge is -2.10.